The molecule has 0 saturated heterocycles. The van der Waals surface area contributed by atoms with E-state index in [0.717, 1.165) is 14.1 Å². The summed E-state index contributed by atoms with van der Waals surface area (Å²) < 4.78 is 0. The maximum absolute atomic E-state index is 3.99. The van der Waals surface area contributed by atoms with Crippen LogP contribution in [-0.2, 0) is 0 Å². The quantitative estimate of drug-likeness (QED) is 0.635. The Morgan fingerprint density at radius 1 is 1.45 bits per heavy atom. The van der Waals surface area contributed by atoms with Gasteiger partial charge in [-0.25, -0.2) is 0 Å². The van der Waals surface area contributed by atoms with Gasteiger partial charge in [-0.3, -0.25) is 5.10 Å². The molecule has 1 N–H and O–H groups in total. The molecule has 0 aliphatic rings. The van der Waals surface area contributed by atoms with E-state index in [9.17, 15) is 0 Å². The number of benzene rings is 1. The van der Waals surface area contributed by atoms with Gasteiger partial charge in [0.15, 0.2) is 0 Å². The van der Waals surface area contributed by atoms with Crippen LogP contribution in [0.5, 0.6) is 0 Å². The van der Waals surface area contributed by atoms with Gasteiger partial charge in [-0.05, 0) is 18.0 Å². The second kappa shape index (κ2) is 2.63. The maximum atomic E-state index is 3.99. The molecule has 0 saturated carbocycles. The van der Waals surface area contributed by atoms with Gasteiger partial charge in [0.1, 0.15) is 0 Å². The molecule has 2 rings (SSSR count). The van der Waals surface area contributed by atoms with Gasteiger partial charge in [-0.2, -0.15) is 5.10 Å². The number of nitrogens with one attached hydrogen (secondary N) is 1. The molecule has 0 amide bonds. The summed E-state index contributed by atoms with van der Waals surface area (Å²) >= 11 is 0. The lowest BCUT2D eigenvalue weighted by Crippen LogP contribution is -1.92. The number of aromatic amines is 1. The molecule has 3 heteroatoms. The van der Waals surface area contributed by atoms with Crippen molar-refractivity contribution in [3.63, 3.8) is 0 Å². The largest absolute Gasteiger partial charge is 0.278 e. The summed E-state index contributed by atoms with van der Waals surface area (Å²) in [6, 6.07) is 6.26. The van der Waals surface area contributed by atoms with Gasteiger partial charge in [0.2, 0.25) is 0 Å². The van der Waals surface area contributed by atoms with Crippen LogP contribution in [0.1, 0.15) is 0 Å². The molecule has 0 aliphatic heterocycles. The van der Waals surface area contributed by atoms with Crippen LogP contribution in [0.15, 0.2) is 24.4 Å². The average Bonchev–Trinajstić information content (AvgIpc) is 2.50. The molecule has 0 bridgehead atoms. The summed E-state index contributed by atoms with van der Waals surface area (Å²) in [6.07, 6.45) is 1.89. The number of fused-ring (bicyclic) bond motifs is 1. The van der Waals surface area contributed by atoms with Crippen LogP contribution in [0.2, 0.25) is 0 Å². The fourth-order valence-electron chi connectivity index (χ4n) is 1.19. The number of H-pyrrole nitrogens is 1. The minimum atomic E-state index is 0.841. The van der Waals surface area contributed by atoms with Crippen molar-refractivity contribution in [2.75, 3.05) is 6.66 Å². The van der Waals surface area contributed by atoms with E-state index in [1.54, 1.807) is 0 Å². The zero-order valence-corrected chi connectivity index (χ0v) is 7.26. The highest BCUT2D eigenvalue weighted by Gasteiger charge is 1.98. The molecule has 1 unspecified atom stereocenters. The second-order valence-corrected chi connectivity index (χ2v) is 3.43. The van der Waals surface area contributed by atoms with Crippen LogP contribution < -0.4 is 5.30 Å². The van der Waals surface area contributed by atoms with Crippen LogP contribution in [0.4, 0.5) is 0 Å². The molecule has 1 heterocycles. The van der Waals surface area contributed by atoms with Crippen molar-refractivity contribution in [1.82, 2.24) is 10.2 Å². The molecule has 0 radical (unpaired) electrons. The number of nitrogens with zero attached hydrogens (tertiary/aromatic N) is 1. The Kier molecular flexibility index (Phi) is 1.63. The van der Waals surface area contributed by atoms with E-state index in [-0.39, 0.29) is 0 Å². The van der Waals surface area contributed by atoms with Gasteiger partial charge in [0.25, 0.3) is 0 Å². The standard InChI is InChI=1S/C8H9N2P/c1-11-8-4-2-3-7-6(8)5-9-10-7/h2-5,11H,1H3,(H,9,10). The Balaban J connectivity index is 2.79. The van der Waals surface area contributed by atoms with Gasteiger partial charge >= 0.3 is 0 Å². The van der Waals surface area contributed by atoms with E-state index in [1.807, 2.05) is 12.3 Å². The number of aromatic nitrogens is 2. The van der Waals surface area contributed by atoms with Gasteiger partial charge in [-0.1, -0.05) is 20.7 Å². The SMILES string of the molecule is CPc1cccc2[nH]ncc12. The summed E-state index contributed by atoms with van der Waals surface area (Å²) in [5, 5.41) is 9.58. The molecule has 0 fully saturated rings. The van der Waals surface area contributed by atoms with Crippen molar-refractivity contribution < 1.29 is 0 Å². The first kappa shape index (κ1) is 6.81. The third-order valence-electron chi connectivity index (χ3n) is 1.75. The zero-order valence-electron chi connectivity index (χ0n) is 6.26. The zero-order chi connectivity index (χ0) is 7.68. The Bertz CT molecular complexity index is 367. The lowest BCUT2D eigenvalue weighted by molar-refractivity contribution is 1.12. The topological polar surface area (TPSA) is 28.7 Å². The lowest BCUT2D eigenvalue weighted by atomic mass is 10.3. The molecule has 0 aliphatic carbocycles. The van der Waals surface area contributed by atoms with Gasteiger partial charge in [-0.15, -0.1) is 0 Å². The molecular weight excluding hydrogens is 155 g/mol. The minimum absolute atomic E-state index is 0.841. The molecule has 1 aromatic heterocycles. The van der Waals surface area contributed by atoms with Crippen molar-refractivity contribution in [2.45, 2.75) is 0 Å². The van der Waals surface area contributed by atoms with E-state index in [4.69, 9.17) is 0 Å². The highest BCUT2D eigenvalue weighted by atomic mass is 31.1. The molecule has 11 heavy (non-hydrogen) atoms. The van der Waals surface area contributed by atoms with Crippen LogP contribution in [-0.4, -0.2) is 16.9 Å². The summed E-state index contributed by atoms with van der Waals surface area (Å²) in [5.74, 6) is 0. The van der Waals surface area contributed by atoms with Crippen LogP contribution in [0.25, 0.3) is 10.9 Å². The first-order valence-corrected chi connectivity index (χ1v) is 5.01. The summed E-state index contributed by atoms with van der Waals surface area (Å²) in [6.45, 7) is 2.18. The summed E-state index contributed by atoms with van der Waals surface area (Å²) in [7, 11) is 0.841. The van der Waals surface area contributed by atoms with Crippen LogP contribution in [0, 0.1) is 0 Å². The number of hydrogen-bond donors (Lipinski definition) is 1. The Morgan fingerprint density at radius 2 is 2.36 bits per heavy atom. The van der Waals surface area contributed by atoms with E-state index >= 15 is 0 Å². The van der Waals surface area contributed by atoms with Crippen molar-refractivity contribution in [3.05, 3.63) is 24.4 Å². The van der Waals surface area contributed by atoms with Crippen molar-refractivity contribution in [2.24, 2.45) is 0 Å². The van der Waals surface area contributed by atoms with Gasteiger partial charge in [0, 0.05) is 5.39 Å². The third kappa shape index (κ3) is 1.04. The Morgan fingerprint density at radius 3 is 3.18 bits per heavy atom. The molecule has 56 valence electrons. The van der Waals surface area contributed by atoms with Gasteiger partial charge in [0.05, 0.1) is 11.7 Å². The molecule has 2 nitrogen and oxygen atoms in total. The normalized spacial score (nSPS) is 11.7. The van der Waals surface area contributed by atoms with E-state index in [2.05, 4.69) is 29.0 Å². The van der Waals surface area contributed by atoms with Crippen molar-refractivity contribution in [1.29, 1.82) is 0 Å². The number of rotatable bonds is 1. The minimum Gasteiger partial charge on any atom is -0.278 e. The Labute approximate surface area is 66.8 Å². The third-order valence-corrected chi connectivity index (χ3v) is 2.73. The van der Waals surface area contributed by atoms with E-state index in [0.29, 0.717) is 0 Å². The fraction of sp³-hybridized carbons (Fsp3) is 0.125. The average molecular weight is 164 g/mol. The highest BCUT2D eigenvalue weighted by Crippen LogP contribution is 2.14. The molecule has 0 spiro atoms. The first-order chi connectivity index (χ1) is 5.42. The lowest BCUT2D eigenvalue weighted by Gasteiger charge is -1.95. The van der Waals surface area contributed by atoms with Gasteiger partial charge < -0.3 is 0 Å². The van der Waals surface area contributed by atoms with Crippen molar-refractivity contribution in [3.8, 4) is 0 Å². The maximum Gasteiger partial charge on any atom is 0.0656 e. The first-order valence-electron chi connectivity index (χ1n) is 3.51. The Hall–Kier alpha value is -0.880. The monoisotopic (exact) mass is 164 g/mol. The van der Waals surface area contributed by atoms with Crippen molar-refractivity contribution >= 4 is 24.8 Å². The number of hydrogen-bond acceptors (Lipinski definition) is 1. The van der Waals surface area contributed by atoms with Crippen LogP contribution in [0.3, 0.4) is 0 Å². The molecule has 1 atom stereocenters. The van der Waals surface area contributed by atoms with Crippen LogP contribution >= 0.6 is 8.58 Å². The summed E-state index contributed by atoms with van der Waals surface area (Å²) in [4.78, 5) is 0. The summed E-state index contributed by atoms with van der Waals surface area (Å²) in [5.41, 5.74) is 1.14. The molecule has 1 aromatic carbocycles. The predicted molar refractivity (Wildman–Crippen MR) is 50.0 cm³/mol. The van der Waals surface area contributed by atoms with E-state index in [1.165, 1.54) is 10.7 Å². The predicted octanol–water partition coefficient (Wildman–Crippen LogP) is 1.50. The molecule has 2 aromatic rings. The van der Waals surface area contributed by atoms with E-state index < -0.39 is 0 Å². The molecular formula is C8H9N2P. The second-order valence-electron chi connectivity index (χ2n) is 2.39. The highest BCUT2D eigenvalue weighted by molar-refractivity contribution is 7.47. The fourth-order valence-corrected chi connectivity index (χ4v) is 1.92. The smallest absolute Gasteiger partial charge is 0.0656 e.